The van der Waals surface area contributed by atoms with Crippen LogP contribution >= 0.6 is 0 Å². The van der Waals surface area contributed by atoms with Crippen LogP contribution in [-0.4, -0.2) is 24.1 Å². The van der Waals surface area contributed by atoms with E-state index in [-0.39, 0.29) is 5.82 Å². The number of aromatic nitrogens is 2. The fourth-order valence-electron chi connectivity index (χ4n) is 1.58. The first-order chi connectivity index (χ1) is 7.58. The predicted octanol–water partition coefficient (Wildman–Crippen LogP) is 1.86. The van der Waals surface area contributed by atoms with Gasteiger partial charge in [-0.2, -0.15) is 0 Å². The topological polar surface area (TPSA) is 57.9 Å². The minimum Gasteiger partial charge on any atom is -0.377 e. The highest BCUT2D eigenvalue weighted by molar-refractivity contribution is 5.76. The standard InChI is InChI=1S/C11H13FN4/c1-16(2)10-5-7(12)3-4-8(10)9-6-14-11(13)15-9/h3-6H,1-2H3,(H3,13,14,15). The minimum absolute atomic E-state index is 0.264. The molecule has 0 amide bonds. The summed E-state index contributed by atoms with van der Waals surface area (Å²) < 4.78 is 13.2. The molecule has 0 bridgehead atoms. The molecule has 84 valence electrons. The number of nitrogens with two attached hydrogens (primary N) is 1. The molecule has 1 aromatic carbocycles. The van der Waals surface area contributed by atoms with Crippen LogP contribution < -0.4 is 10.6 Å². The summed E-state index contributed by atoms with van der Waals surface area (Å²) in [5.41, 5.74) is 7.95. The van der Waals surface area contributed by atoms with E-state index >= 15 is 0 Å². The molecule has 0 atom stereocenters. The van der Waals surface area contributed by atoms with Crippen LogP contribution in [0.25, 0.3) is 11.3 Å². The fraction of sp³-hybridized carbons (Fsp3) is 0.182. The lowest BCUT2D eigenvalue weighted by atomic mass is 10.1. The average Bonchev–Trinajstić information content (AvgIpc) is 2.64. The van der Waals surface area contributed by atoms with Crippen LogP contribution in [0.15, 0.2) is 24.4 Å². The van der Waals surface area contributed by atoms with Gasteiger partial charge in [0.25, 0.3) is 0 Å². The number of benzene rings is 1. The van der Waals surface area contributed by atoms with Gasteiger partial charge in [-0.15, -0.1) is 0 Å². The lowest BCUT2D eigenvalue weighted by Crippen LogP contribution is -2.10. The van der Waals surface area contributed by atoms with Gasteiger partial charge in [0.2, 0.25) is 0 Å². The molecule has 16 heavy (non-hydrogen) atoms. The number of rotatable bonds is 2. The van der Waals surface area contributed by atoms with E-state index in [1.54, 1.807) is 12.3 Å². The van der Waals surface area contributed by atoms with Crippen molar-refractivity contribution in [2.45, 2.75) is 0 Å². The van der Waals surface area contributed by atoms with E-state index in [4.69, 9.17) is 5.73 Å². The van der Waals surface area contributed by atoms with Crippen molar-refractivity contribution < 1.29 is 4.39 Å². The molecule has 1 heterocycles. The molecule has 0 unspecified atom stereocenters. The summed E-state index contributed by atoms with van der Waals surface area (Å²) in [7, 11) is 3.72. The Bertz CT molecular complexity index is 504. The Kier molecular flexibility index (Phi) is 2.52. The number of aromatic amines is 1. The van der Waals surface area contributed by atoms with Gasteiger partial charge in [0.05, 0.1) is 11.9 Å². The van der Waals surface area contributed by atoms with Crippen LogP contribution in [0, 0.1) is 5.82 Å². The van der Waals surface area contributed by atoms with Crippen LogP contribution in [0.1, 0.15) is 0 Å². The van der Waals surface area contributed by atoms with Crippen LogP contribution in [0.5, 0.6) is 0 Å². The molecule has 0 radical (unpaired) electrons. The van der Waals surface area contributed by atoms with E-state index < -0.39 is 0 Å². The van der Waals surface area contributed by atoms with Gasteiger partial charge in [0.15, 0.2) is 5.95 Å². The molecular formula is C11H13FN4. The van der Waals surface area contributed by atoms with Crippen molar-refractivity contribution in [1.82, 2.24) is 9.97 Å². The SMILES string of the molecule is CN(C)c1cc(F)ccc1-c1cnc(N)[nH]1. The van der Waals surface area contributed by atoms with E-state index in [1.165, 1.54) is 12.1 Å². The molecule has 4 nitrogen and oxygen atoms in total. The number of hydrogen-bond donors (Lipinski definition) is 2. The van der Waals surface area contributed by atoms with Gasteiger partial charge >= 0.3 is 0 Å². The smallest absolute Gasteiger partial charge is 0.197 e. The maximum atomic E-state index is 13.2. The maximum Gasteiger partial charge on any atom is 0.197 e. The van der Waals surface area contributed by atoms with Gasteiger partial charge in [-0.25, -0.2) is 9.37 Å². The van der Waals surface area contributed by atoms with Crippen LogP contribution in [0.3, 0.4) is 0 Å². The van der Waals surface area contributed by atoms with Gasteiger partial charge in [0.1, 0.15) is 5.82 Å². The van der Waals surface area contributed by atoms with Crippen LogP contribution in [0.4, 0.5) is 16.0 Å². The molecule has 0 aliphatic carbocycles. The van der Waals surface area contributed by atoms with Crippen LogP contribution in [0.2, 0.25) is 0 Å². The zero-order chi connectivity index (χ0) is 11.7. The molecule has 0 saturated carbocycles. The molecule has 2 rings (SSSR count). The highest BCUT2D eigenvalue weighted by Gasteiger charge is 2.10. The van der Waals surface area contributed by atoms with E-state index in [1.807, 2.05) is 19.0 Å². The third-order valence-electron chi connectivity index (χ3n) is 2.33. The summed E-state index contributed by atoms with van der Waals surface area (Å²) in [5, 5.41) is 0. The molecule has 0 saturated heterocycles. The van der Waals surface area contributed by atoms with Gasteiger partial charge in [0, 0.05) is 25.3 Å². The minimum atomic E-state index is -0.264. The van der Waals surface area contributed by atoms with Crippen molar-refractivity contribution in [2.75, 3.05) is 24.7 Å². The van der Waals surface area contributed by atoms with Crippen molar-refractivity contribution in [1.29, 1.82) is 0 Å². The number of nitrogens with one attached hydrogen (secondary N) is 1. The Morgan fingerprint density at radius 3 is 2.69 bits per heavy atom. The second kappa shape index (κ2) is 3.84. The normalized spacial score (nSPS) is 10.4. The van der Waals surface area contributed by atoms with Crippen LogP contribution in [-0.2, 0) is 0 Å². The zero-order valence-electron chi connectivity index (χ0n) is 9.16. The molecule has 1 aromatic heterocycles. The first kappa shape index (κ1) is 10.5. The van der Waals surface area contributed by atoms with Gasteiger partial charge < -0.3 is 15.6 Å². The number of H-pyrrole nitrogens is 1. The van der Waals surface area contributed by atoms with Crippen molar-refractivity contribution in [3.05, 3.63) is 30.2 Å². The summed E-state index contributed by atoms with van der Waals surface area (Å²) in [6.45, 7) is 0. The summed E-state index contributed by atoms with van der Waals surface area (Å²) in [6, 6.07) is 4.60. The van der Waals surface area contributed by atoms with E-state index in [0.29, 0.717) is 5.95 Å². The zero-order valence-corrected chi connectivity index (χ0v) is 9.16. The number of hydrogen-bond acceptors (Lipinski definition) is 3. The fourth-order valence-corrected chi connectivity index (χ4v) is 1.58. The molecular weight excluding hydrogens is 207 g/mol. The van der Waals surface area contributed by atoms with Crippen molar-refractivity contribution in [2.24, 2.45) is 0 Å². The Hall–Kier alpha value is -2.04. The van der Waals surface area contributed by atoms with Gasteiger partial charge in [-0.05, 0) is 18.2 Å². The molecule has 0 aliphatic rings. The first-order valence-corrected chi connectivity index (χ1v) is 4.85. The Balaban J connectivity index is 2.56. The van der Waals surface area contributed by atoms with E-state index in [0.717, 1.165) is 16.9 Å². The van der Waals surface area contributed by atoms with Crippen molar-refractivity contribution in [3.63, 3.8) is 0 Å². The molecule has 5 heteroatoms. The Morgan fingerprint density at radius 2 is 2.12 bits per heavy atom. The lowest BCUT2D eigenvalue weighted by molar-refractivity contribution is 0.628. The van der Waals surface area contributed by atoms with Crippen molar-refractivity contribution >= 4 is 11.6 Å². The Labute approximate surface area is 92.9 Å². The summed E-state index contributed by atoms with van der Waals surface area (Å²) >= 11 is 0. The average molecular weight is 220 g/mol. The van der Waals surface area contributed by atoms with E-state index in [2.05, 4.69) is 9.97 Å². The molecule has 3 N–H and O–H groups in total. The molecule has 0 aliphatic heterocycles. The quantitative estimate of drug-likeness (QED) is 0.812. The number of nitrogens with zero attached hydrogens (tertiary/aromatic N) is 2. The summed E-state index contributed by atoms with van der Waals surface area (Å²) in [6.07, 6.45) is 1.63. The third kappa shape index (κ3) is 1.84. The monoisotopic (exact) mass is 220 g/mol. The molecule has 2 aromatic rings. The second-order valence-corrected chi connectivity index (χ2v) is 3.74. The number of imidazole rings is 1. The highest BCUT2D eigenvalue weighted by atomic mass is 19.1. The van der Waals surface area contributed by atoms with E-state index in [9.17, 15) is 4.39 Å². The molecule has 0 spiro atoms. The summed E-state index contributed by atoms with van der Waals surface area (Å²) in [5.74, 6) is 0.0870. The largest absolute Gasteiger partial charge is 0.377 e. The van der Waals surface area contributed by atoms with Gasteiger partial charge in [-0.3, -0.25) is 0 Å². The summed E-state index contributed by atoms with van der Waals surface area (Å²) in [4.78, 5) is 8.69. The third-order valence-corrected chi connectivity index (χ3v) is 2.33. The lowest BCUT2D eigenvalue weighted by Gasteiger charge is -2.16. The van der Waals surface area contributed by atoms with Gasteiger partial charge in [-0.1, -0.05) is 0 Å². The maximum absolute atomic E-state index is 13.2. The second-order valence-electron chi connectivity index (χ2n) is 3.74. The molecule has 0 fully saturated rings. The first-order valence-electron chi connectivity index (χ1n) is 4.85. The Morgan fingerprint density at radius 1 is 1.38 bits per heavy atom. The predicted molar refractivity (Wildman–Crippen MR) is 62.7 cm³/mol. The number of nitrogen functional groups attached to an aromatic ring is 1. The highest BCUT2D eigenvalue weighted by Crippen LogP contribution is 2.29. The number of halogens is 1. The van der Waals surface area contributed by atoms with Crippen molar-refractivity contribution in [3.8, 4) is 11.3 Å². The number of anilines is 2.